The fraction of sp³-hybridized carbons (Fsp3) is 0.762. The minimum Gasteiger partial charge on any atom is -0.380 e. The van der Waals surface area contributed by atoms with Crippen molar-refractivity contribution in [1.82, 2.24) is 14.2 Å². The van der Waals surface area contributed by atoms with Crippen LogP contribution in [0, 0.1) is 24.2 Å². The van der Waals surface area contributed by atoms with Gasteiger partial charge in [0.15, 0.2) is 0 Å². The van der Waals surface area contributed by atoms with Crippen LogP contribution in [-0.2, 0) is 20.9 Å². The number of sulfonamides is 1. The van der Waals surface area contributed by atoms with E-state index in [0.29, 0.717) is 42.4 Å². The molecule has 0 bridgehead atoms. The lowest BCUT2D eigenvalue weighted by atomic mass is 9.63. The molecule has 4 fully saturated rings. The molecule has 0 radical (unpaired) electrons. The van der Waals surface area contributed by atoms with Gasteiger partial charge in [0.25, 0.3) is 0 Å². The molecule has 172 valence electrons. The lowest BCUT2D eigenvalue weighted by molar-refractivity contribution is -0.185. The molecule has 4 aliphatic rings. The first-order chi connectivity index (χ1) is 14.5. The van der Waals surface area contributed by atoms with Gasteiger partial charge in [0.05, 0.1) is 18.9 Å². The summed E-state index contributed by atoms with van der Waals surface area (Å²) in [5.74, 6) is 0.594. The Labute approximate surface area is 180 Å². The minimum atomic E-state index is -4.59. The number of halogens is 3. The van der Waals surface area contributed by atoms with Gasteiger partial charge in [-0.1, -0.05) is 0 Å². The molecule has 10 heteroatoms. The van der Waals surface area contributed by atoms with Crippen molar-refractivity contribution in [2.45, 2.75) is 55.8 Å². The van der Waals surface area contributed by atoms with E-state index in [2.05, 4.69) is 16.9 Å². The van der Waals surface area contributed by atoms with Gasteiger partial charge in [0.2, 0.25) is 10.0 Å². The number of aryl methyl sites for hydroxylation is 1. The van der Waals surface area contributed by atoms with Crippen molar-refractivity contribution in [2.75, 3.05) is 33.4 Å². The molecule has 3 heterocycles. The van der Waals surface area contributed by atoms with Crippen LogP contribution in [0.3, 0.4) is 0 Å². The van der Waals surface area contributed by atoms with Gasteiger partial charge in [-0.25, -0.2) is 13.4 Å². The highest BCUT2D eigenvalue weighted by Crippen LogP contribution is 2.51. The molecule has 6 nitrogen and oxygen atoms in total. The van der Waals surface area contributed by atoms with E-state index in [-0.39, 0.29) is 10.6 Å². The number of nitrogens with zero attached hydrogens (tertiary/aromatic N) is 3. The Bertz CT molecular complexity index is 958. The second kappa shape index (κ2) is 7.13. The molecule has 1 spiro atoms. The maximum atomic E-state index is 13.1. The number of fused-ring (bicyclic) bond motifs is 1. The summed E-state index contributed by atoms with van der Waals surface area (Å²) in [7, 11) is -1.67. The van der Waals surface area contributed by atoms with Crippen LogP contribution in [-0.4, -0.2) is 68.0 Å². The Morgan fingerprint density at radius 1 is 1.13 bits per heavy atom. The van der Waals surface area contributed by atoms with E-state index < -0.39 is 21.9 Å². The quantitative estimate of drug-likeness (QED) is 0.693. The number of pyridine rings is 1. The van der Waals surface area contributed by atoms with Gasteiger partial charge in [-0.3, -0.25) is 0 Å². The van der Waals surface area contributed by atoms with Gasteiger partial charge < -0.3 is 9.64 Å². The Kier molecular flexibility index (Phi) is 4.97. The molecular weight excluding hydrogens is 431 g/mol. The van der Waals surface area contributed by atoms with Gasteiger partial charge in [0.1, 0.15) is 10.6 Å². The molecule has 2 saturated heterocycles. The Hall–Kier alpha value is -1.23. The van der Waals surface area contributed by atoms with Crippen LogP contribution >= 0.6 is 0 Å². The average Bonchev–Trinajstić information content (AvgIpc) is 3.17. The van der Waals surface area contributed by atoms with E-state index in [4.69, 9.17) is 4.74 Å². The first kappa shape index (κ1) is 21.6. The first-order valence-electron chi connectivity index (χ1n) is 10.8. The predicted octanol–water partition coefficient (Wildman–Crippen LogP) is 2.92. The van der Waals surface area contributed by atoms with Gasteiger partial charge in [-0.2, -0.15) is 17.5 Å². The molecule has 2 atom stereocenters. The van der Waals surface area contributed by atoms with Crippen LogP contribution in [0.15, 0.2) is 17.0 Å². The monoisotopic (exact) mass is 459 g/mol. The highest BCUT2D eigenvalue weighted by molar-refractivity contribution is 7.89. The highest BCUT2D eigenvalue weighted by atomic mass is 32.2. The Balaban J connectivity index is 1.23. The number of hydrogen-bond acceptors (Lipinski definition) is 5. The van der Waals surface area contributed by atoms with Crippen molar-refractivity contribution in [3.05, 3.63) is 23.5 Å². The SMILES string of the molecule is Cc1nc(C(F)(F)F)ccc1S(=O)(=O)N1CC2CC(N(C)C3CC4(COC4)C3)CC2C1. The molecule has 2 saturated carbocycles. The third-order valence-electron chi connectivity index (χ3n) is 7.94. The molecule has 0 amide bonds. The fourth-order valence-electron chi connectivity index (χ4n) is 6.02. The Morgan fingerprint density at radius 3 is 2.23 bits per heavy atom. The molecule has 2 aliphatic carbocycles. The molecule has 1 aromatic rings. The minimum absolute atomic E-state index is 0.108. The summed E-state index contributed by atoms with van der Waals surface area (Å²) in [5.41, 5.74) is -0.756. The second-order valence-corrected chi connectivity index (χ2v) is 11.9. The zero-order chi connectivity index (χ0) is 22.2. The maximum absolute atomic E-state index is 13.1. The molecule has 2 aliphatic heterocycles. The van der Waals surface area contributed by atoms with Crippen LogP contribution < -0.4 is 0 Å². The largest absolute Gasteiger partial charge is 0.433 e. The van der Waals surface area contributed by atoms with E-state index in [0.717, 1.165) is 38.2 Å². The summed E-state index contributed by atoms with van der Waals surface area (Å²) in [5, 5.41) is 0. The van der Waals surface area contributed by atoms with Crippen LogP contribution in [0.2, 0.25) is 0 Å². The number of rotatable bonds is 4. The van der Waals surface area contributed by atoms with Crippen molar-refractivity contribution < 1.29 is 26.3 Å². The summed E-state index contributed by atoms with van der Waals surface area (Å²) in [6.45, 7) is 3.96. The number of aromatic nitrogens is 1. The average molecular weight is 460 g/mol. The molecule has 0 aromatic carbocycles. The lowest BCUT2D eigenvalue weighted by Gasteiger charge is -2.56. The van der Waals surface area contributed by atoms with Crippen molar-refractivity contribution in [2.24, 2.45) is 17.3 Å². The number of alkyl halides is 3. The maximum Gasteiger partial charge on any atom is 0.433 e. The first-order valence-corrected chi connectivity index (χ1v) is 12.3. The summed E-state index contributed by atoms with van der Waals surface area (Å²) in [6, 6.07) is 2.85. The molecular formula is C21H28F3N3O3S. The van der Waals surface area contributed by atoms with Crippen LogP contribution in [0.4, 0.5) is 13.2 Å². The van der Waals surface area contributed by atoms with Crippen LogP contribution in [0.5, 0.6) is 0 Å². The van der Waals surface area contributed by atoms with E-state index >= 15 is 0 Å². The van der Waals surface area contributed by atoms with Crippen molar-refractivity contribution >= 4 is 10.0 Å². The summed E-state index contributed by atoms with van der Waals surface area (Å²) in [4.78, 5) is 5.86. The topological polar surface area (TPSA) is 62.7 Å². The van der Waals surface area contributed by atoms with Crippen molar-refractivity contribution in [3.8, 4) is 0 Å². The van der Waals surface area contributed by atoms with Gasteiger partial charge in [-0.05, 0) is 63.6 Å². The van der Waals surface area contributed by atoms with E-state index in [1.807, 2.05) is 0 Å². The molecule has 2 unspecified atom stereocenters. The third-order valence-corrected chi connectivity index (χ3v) is 9.91. The summed E-state index contributed by atoms with van der Waals surface area (Å²) in [6.07, 6.45) is -0.272. The van der Waals surface area contributed by atoms with Crippen LogP contribution in [0.25, 0.3) is 0 Å². The Morgan fingerprint density at radius 2 is 1.74 bits per heavy atom. The van der Waals surface area contributed by atoms with Gasteiger partial charge in [0, 0.05) is 30.6 Å². The summed E-state index contributed by atoms with van der Waals surface area (Å²) < 4.78 is 71.7. The molecule has 1 aromatic heterocycles. The number of ether oxygens (including phenoxy) is 1. The lowest BCUT2D eigenvalue weighted by Crippen LogP contribution is -2.60. The van der Waals surface area contributed by atoms with E-state index in [9.17, 15) is 21.6 Å². The standard InChI is InChI=1S/C21H28F3N3O3S/c1-13-18(3-4-19(25-13)21(22,23)24)31(28,29)27-9-14-5-16(6-15(14)10-27)26(2)17-7-20(8-17)11-30-12-20/h3-4,14-17H,5-12H2,1-2H3. The van der Waals surface area contributed by atoms with Crippen LogP contribution in [0.1, 0.15) is 37.1 Å². The van der Waals surface area contributed by atoms with Crippen molar-refractivity contribution in [1.29, 1.82) is 0 Å². The third kappa shape index (κ3) is 3.59. The predicted molar refractivity (Wildman–Crippen MR) is 107 cm³/mol. The molecule has 31 heavy (non-hydrogen) atoms. The molecule has 5 rings (SSSR count). The zero-order valence-electron chi connectivity index (χ0n) is 17.7. The number of hydrogen-bond donors (Lipinski definition) is 0. The van der Waals surface area contributed by atoms with Crippen molar-refractivity contribution in [3.63, 3.8) is 0 Å². The smallest absolute Gasteiger partial charge is 0.380 e. The fourth-order valence-corrected chi connectivity index (χ4v) is 7.74. The van der Waals surface area contributed by atoms with Gasteiger partial charge >= 0.3 is 6.18 Å². The zero-order valence-corrected chi connectivity index (χ0v) is 18.5. The normalized spacial score (nSPS) is 31.1. The second-order valence-electron chi connectivity index (χ2n) is 9.97. The van der Waals surface area contributed by atoms with Gasteiger partial charge in [-0.15, -0.1) is 0 Å². The van der Waals surface area contributed by atoms with E-state index in [1.165, 1.54) is 24.1 Å². The molecule has 0 N–H and O–H groups in total. The summed E-state index contributed by atoms with van der Waals surface area (Å²) >= 11 is 0. The highest BCUT2D eigenvalue weighted by Gasteiger charge is 2.53. The van der Waals surface area contributed by atoms with E-state index in [1.54, 1.807) is 0 Å².